The fraction of sp³-hybridized carbons (Fsp3) is 0.321. The Kier molecular flexibility index (Phi) is 6.31. The molecule has 4 aromatic rings. The van der Waals surface area contributed by atoms with Gasteiger partial charge in [0.25, 0.3) is 0 Å². The van der Waals surface area contributed by atoms with Crippen LogP contribution in [0.4, 0.5) is 11.4 Å². The molecule has 3 heterocycles. The van der Waals surface area contributed by atoms with Gasteiger partial charge in [-0.25, -0.2) is 0 Å². The predicted molar refractivity (Wildman–Crippen MR) is 147 cm³/mol. The number of likely N-dealkylation sites (tertiary alicyclic amines) is 1. The highest BCUT2D eigenvalue weighted by atomic mass is 35.5. The Balaban J connectivity index is 1.43. The van der Waals surface area contributed by atoms with Gasteiger partial charge in [0.1, 0.15) is 0 Å². The second-order valence-corrected chi connectivity index (χ2v) is 10.9. The lowest BCUT2D eigenvalue weighted by Gasteiger charge is -2.29. The number of aromatic hydroxyl groups is 1. The number of benzene rings is 2. The molecule has 1 unspecified atom stereocenters. The molecule has 0 amide bonds. The third kappa shape index (κ3) is 4.79. The minimum atomic E-state index is -0.143. The average Bonchev–Trinajstić information content (AvgIpc) is 3.64. The zero-order chi connectivity index (χ0) is 25.7. The molecule has 2 aromatic carbocycles. The van der Waals surface area contributed by atoms with Crippen LogP contribution in [0.5, 0.6) is 5.75 Å². The summed E-state index contributed by atoms with van der Waals surface area (Å²) in [5.74, 6) is 0.0212. The highest BCUT2D eigenvalue weighted by molar-refractivity contribution is 6.37. The molecule has 0 spiro atoms. The third-order valence-corrected chi connectivity index (χ3v) is 7.85. The van der Waals surface area contributed by atoms with Crippen molar-refractivity contribution in [2.45, 2.75) is 31.7 Å². The molecule has 37 heavy (non-hydrogen) atoms. The number of ketones is 1. The van der Waals surface area contributed by atoms with E-state index in [0.717, 1.165) is 72.2 Å². The van der Waals surface area contributed by atoms with Crippen LogP contribution >= 0.6 is 23.2 Å². The predicted octanol–water partition coefficient (Wildman–Crippen LogP) is 6.71. The second kappa shape index (κ2) is 9.63. The topological polar surface area (TPSA) is 83.3 Å². The average molecular weight is 536 g/mol. The lowest BCUT2D eigenvalue weighted by atomic mass is 9.99. The number of carbonyl (C=O) groups is 1. The zero-order valence-corrected chi connectivity index (χ0v) is 21.9. The molecule has 9 heteroatoms. The Morgan fingerprint density at radius 2 is 1.86 bits per heavy atom. The summed E-state index contributed by atoms with van der Waals surface area (Å²) in [6.45, 7) is 2.07. The summed E-state index contributed by atoms with van der Waals surface area (Å²) >= 11 is 12.4. The summed E-state index contributed by atoms with van der Waals surface area (Å²) in [5, 5.41) is 19.3. The maximum atomic E-state index is 13.3. The van der Waals surface area contributed by atoms with Crippen LogP contribution in [0, 0.1) is 5.92 Å². The van der Waals surface area contributed by atoms with E-state index < -0.39 is 0 Å². The zero-order valence-electron chi connectivity index (χ0n) is 20.4. The van der Waals surface area contributed by atoms with Gasteiger partial charge in [-0.3, -0.25) is 14.5 Å². The summed E-state index contributed by atoms with van der Waals surface area (Å²) in [6, 6.07) is 9.50. The summed E-state index contributed by atoms with van der Waals surface area (Å²) < 4.78 is 2.02. The molecular weight excluding hydrogens is 509 g/mol. The normalized spacial score (nSPS) is 18.3. The molecule has 1 atom stereocenters. The van der Waals surface area contributed by atoms with Crippen LogP contribution in [0.15, 0.2) is 48.9 Å². The number of hydrogen-bond acceptors (Lipinski definition) is 6. The highest BCUT2D eigenvalue weighted by Crippen LogP contribution is 2.40. The van der Waals surface area contributed by atoms with Crippen LogP contribution in [0.2, 0.25) is 10.0 Å². The third-order valence-electron chi connectivity index (χ3n) is 7.28. The molecule has 2 fully saturated rings. The molecule has 2 aliphatic rings. The molecule has 1 saturated carbocycles. The van der Waals surface area contributed by atoms with Gasteiger partial charge in [0.15, 0.2) is 11.5 Å². The van der Waals surface area contributed by atoms with E-state index in [9.17, 15) is 9.90 Å². The first kappa shape index (κ1) is 24.2. The van der Waals surface area contributed by atoms with Crippen LogP contribution in [0.25, 0.3) is 22.0 Å². The van der Waals surface area contributed by atoms with E-state index in [1.807, 2.05) is 35.3 Å². The van der Waals surface area contributed by atoms with Gasteiger partial charge in [0.05, 0.1) is 44.7 Å². The fourth-order valence-electron chi connectivity index (χ4n) is 5.09. The van der Waals surface area contributed by atoms with Crippen molar-refractivity contribution >= 4 is 51.3 Å². The van der Waals surface area contributed by atoms with Gasteiger partial charge in [-0.1, -0.05) is 29.3 Å². The summed E-state index contributed by atoms with van der Waals surface area (Å²) in [7, 11) is 2.14. The summed E-state index contributed by atoms with van der Waals surface area (Å²) in [4.78, 5) is 20.2. The number of pyridine rings is 1. The number of likely N-dealkylation sites (N-methyl/N-ethyl adjacent to an activating group) is 1. The van der Waals surface area contributed by atoms with Crippen LogP contribution < -0.4 is 5.32 Å². The molecule has 0 bridgehead atoms. The molecule has 190 valence electrons. The number of hydrogen-bond donors (Lipinski definition) is 2. The minimum absolute atomic E-state index is 0.0539. The molecule has 2 N–H and O–H groups in total. The molecular formula is C28H27Cl2N5O2. The first-order chi connectivity index (χ1) is 17.9. The maximum Gasteiger partial charge on any atom is 0.169 e. The number of fused-ring (bicyclic) bond motifs is 1. The molecule has 0 radical (unpaired) electrons. The van der Waals surface area contributed by atoms with Crippen LogP contribution in [0.3, 0.4) is 0 Å². The molecule has 1 aliphatic heterocycles. The van der Waals surface area contributed by atoms with Crippen molar-refractivity contribution < 1.29 is 9.90 Å². The summed E-state index contributed by atoms with van der Waals surface area (Å²) in [5.41, 5.74) is 4.49. The minimum Gasteiger partial charge on any atom is -0.505 e. The fourth-order valence-corrected chi connectivity index (χ4v) is 5.58. The number of phenolic OH excluding ortho intramolecular Hbond substituents is 1. The van der Waals surface area contributed by atoms with Crippen molar-refractivity contribution in [1.82, 2.24) is 19.7 Å². The maximum absolute atomic E-state index is 13.3. The molecule has 2 aromatic heterocycles. The molecule has 1 saturated heterocycles. The quantitative estimate of drug-likeness (QED) is 0.267. The number of piperidine rings is 1. The van der Waals surface area contributed by atoms with E-state index in [2.05, 4.69) is 27.3 Å². The Labute approximate surface area is 225 Å². The number of aromatic nitrogens is 3. The van der Waals surface area contributed by atoms with Gasteiger partial charge in [-0.2, -0.15) is 5.10 Å². The molecule has 1 aliphatic carbocycles. The number of phenols is 1. The van der Waals surface area contributed by atoms with Gasteiger partial charge in [-0.05, 0) is 74.7 Å². The van der Waals surface area contributed by atoms with Gasteiger partial charge in [-0.15, -0.1) is 0 Å². The number of rotatable bonds is 6. The largest absolute Gasteiger partial charge is 0.505 e. The molecule has 6 rings (SSSR count). The van der Waals surface area contributed by atoms with Crippen LogP contribution in [0.1, 0.15) is 42.1 Å². The number of anilines is 2. The van der Waals surface area contributed by atoms with E-state index >= 15 is 0 Å². The lowest BCUT2D eigenvalue weighted by molar-refractivity contribution is 0.0968. The van der Waals surface area contributed by atoms with Crippen LogP contribution in [-0.4, -0.2) is 50.7 Å². The van der Waals surface area contributed by atoms with E-state index in [4.69, 9.17) is 23.2 Å². The van der Waals surface area contributed by atoms with Crippen molar-refractivity contribution in [2.24, 2.45) is 5.92 Å². The first-order valence-corrected chi connectivity index (χ1v) is 13.3. The van der Waals surface area contributed by atoms with Crippen LogP contribution in [-0.2, 0) is 0 Å². The number of nitrogens with zero attached hydrogens (tertiary/aromatic N) is 4. The Bertz CT molecular complexity index is 1490. The molecule has 7 nitrogen and oxygen atoms in total. The Morgan fingerprint density at radius 3 is 2.59 bits per heavy atom. The van der Waals surface area contributed by atoms with Crippen molar-refractivity contribution in [1.29, 1.82) is 0 Å². The van der Waals surface area contributed by atoms with Gasteiger partial charge in [0, 0.05) is 30.2 Å². The smallest absolute Gasteiger partial charge is 0.169 e. The number of carbonyl (C=O) groups excluding carboxylic acids is 1. The standard InChI is InChI=1S/C28H27Cl2N5O2/c1-34-8-2-3-20(15-34)35-14-19(12-32-35)33-26-21-9-17(18-10-23(29)28(37)24(30)11-18)6-7-25(21)31-13-22(26)27(36)16-4-5-16/h6-7,9-14,16,20,37H,2-5,8,15H2,1H3,(H,31,33). The van der Waals surface area contributed by atoms with Crippen molar-refractivity contribution in [3.63, 3.8) is 0 Å². The lowest BCUT2D eigenvalue weighted by Crippen LogP contribution is -2.33. The van der Waals surface area contributed by atoms with Gasteiger partial charge in [0.2, 0.25) is 0 Å². The first-order valence-electron chi connectivity index (χ1n) is 12.5. The monoisotopic (exact) mass is 535 g/mol. The number of Topliss-reactive ketones (excluding diaryl/α,β-unsaturated/α-hetero) is 1. The second-order valence-electron chi connectivity index (χ2n) is 10.1. The van der Waals surface area contributed by atoms with E-state index in [-0.39, 0.29) is 27.5 Å². The number of nitrogens with one attached hydrogen (secondary N) is 1. The van der Waals surface area contributed by atoms with Gasteiger partial charge < -0.3 is 15.3 Å². The SMILES string of the molecule is CN1CCCC(n2cc(Nc3c(C(=O)C4CC4)cnc4ccc(-c5cc(Cl)c(O)c(Cl)c5)cc34)cn2)C1. The van der Waals surface area contributed by atoms with Gasteiger partial charge >= 0.3 is 0 Å². The van der Waals surface area contributed by atoms with Crippen molar-refractivity contribution in [2.75, 3.05) is 25.5 Å². The Morgan fingerprint density at radius 1 is 1.08 bits per heavy atom. The number of halogens is 2. The van der Waals surface area contributed by atoms with Crippen molar-refractivity contribution in [3.8, 4) is 16.9 Å². The van der Waals surface area contributed by atoms with Crippen molar-refractivity contribution in [3.05, 3.63) is 64.5 Å². The Hall–Kier alpha value is -3.13. The highest BCUT2D eigenvalue weighted by Gasteiger charge is 2.33. The van der Waals surface area contributed by atoms with E-state index in [1.54, 1.807) is 18.3 Å². The summed E-state index contributed by atoms with van der Waals surface area (Å²) in [6.07, 6.45) is 9.57. The van der Waals surface area contributed by atoms with E-state index in [0.29, 0.717) is 11.6 Å². The van der Waals surface area contributed by atoms with E-state index in [1.165, 1.54) is 0 Å².